The molecular weight excluding hydrogens is 482 g/mol. The van der Waals surface area contributed by atoms with Gasteiger partial charge in [0.25, 0.3) is 0 Å². The number of nitrogens with zero attached hydrogens (tertiary/aromatic N) is 2. The standard InChI is InChI=1S/2C7H9NOS.2ClH.Sn/c2*1-5-3-7(10)8(9)4-6(5)2;;;/h2*3-4,10H,1-2H3;2*1H;/q;;;;+4/p-4. The van der Waals surface area contributed by atoms with E-state index in [1.165, 1.54) is 30.3 Å². The number of aryl methyl sites for hydroxylation is 4. The molecule has 9 heteroatoms. The average molecular weight is 498 g/mol. The molecule has 0 atom stereocenters. The third-order valence-electron chi connectivity index (χ3n) is 3.43. The van der Waals surface area contributed by atoms with Crippen LogP contribution < -0.4 is 9.46 Å². The first-order chi connectivity index (χ1) is 10.6. The van der Waals surface area contributed by atoms with Crippen molar-refractivity contribution >= 4 is 49.1 Å². The van der Waals surface area contributed by atoms with E-state index in [1.54, 1.807) is 12.1 Å². The first-order valence-corrected chi connectivity index (χ1v) is 22.6. The second kappa shape index (κ2) is 7.47. The summed E-state index contributed by atoms with van der Waals surface area (Å²) in [5.74, 6) is 0. The van der Waals surface area contributed by atoms with E-state index in [9.17, 15) is 10.4 Å². The van der Waals surface area contributed by atoms with Crippen molar-refractivity contribution in [2.45, 2.75) is 37.7 Å². The number of rotatable bonds is 4. The van der Waals surface area contributed by atoms with Gasteiger partial charge in [0.2, 0.25) is 0 Å². The second-order valence-corrected chi connectivity index (χ2v) is 37.5. The van der Waals surface area contributed by atoms with Crippen LogP contribution in [0.3, 0.4) is 0 Å². The first-order valence-electron chi connectivity index (χ1n) is 6.76. The van der Waals surface area contributed by atoms with Gasteiger partial charge in [-0.15, -0.1) is 0 Å². The average Bonchev–Trinajstić information content (AvgIpc) is 2.41. The molecule has 0 aliphatic heterocycles. The normalized spacial score (nSPS) is 11.7. The van der Waals surface area contributed by atoms with Crippen molar-refractivity contribution in [3.05, 3.63) is 57.2 Å². The van der Waals surface area contributed by atoms with E-state index < -0.39 is 13.4 Å². The summed E-state index contributed by atoms with van der Waals surface area (Å²) in [6, 6.07) is 3.57. The molecule has 2 aromatic heterocycles. The molecule has 0 aromatic carbocycles. The Balaban J connectivity index is 2.26. The van der Waals surface area contributed by atoms with Crippen molar-refractivity contribution in [1.82, 2.24) is 0 Å². The Morgan fingerprint density at radius 2 is 1.13 bits per heavy atom. The fourth-order valence-electron chi connectivity index (χ4n) is 1.82. The number of hydrogen-bond acceptors (Lipinski definition) is 4. The van der Waals surface area contributed by atoms with E-state index in [0.29, 0.717) is 10.1 Å². The van der Waals surface area contributed by atoms with Crippen LogP contribution in [0.1, 0.15) is 22.3 Å². The zero-order valence-electron chi connectivity index (χ0n) is 13.1. The Kier molecular flexibility index (Phi) is 6.27. The summed E-state index contributed by atoms with van der Waals surface area (Å²) in [7, 11) is 15.5. The third kappa shape index (κ3) is 4.98. The van der Waals surface area contributed by atoms with Crippen LogP contribution in [0.4, 0.5) is 0 Å². The van der Waals surface area contributed by atoms with E-state index in [0.717, 1.165) is 31.7 Å². The first kappa shape index (κ1) is 19.3. The Morgan fingerprint density at radius 1 is 0.783 bits per heavy atom. The van der Waals surface area contributed by atoms with Crippen LogP contribution in [-0.2, 0) is 0 Å². The van der Waals surface area contributed by atoms with E-state index in [4.69, 9.17) is 17.8 Å². The molecule has 0 fully saturated rings. The Labute approximate surface area is 152 Å². The SMILES string of the molecule is Cc1cc([S][Sn]([Cl])([Cl])[S]c2cc(C)c(C)c[n+]2[O-])[n+]([O-])cc1C. The van der Waals surface area contributed by atoms with Gasteiger partial charge < -0.3 is 0 Å². The molecule has 2 aromatic rings. The molecule has 0 saturated heterocycles. The fraction of sp³-hybridized carbons (Fsp3) is 0.286. The van der Waals surface area contributed by atoms with Gasteiger partial charge in [0, 0.05) is 0 Å². The van der Waals surface area contributed by atoms with Gasteiger partial charge in [-0.25, -0.2) is 0 Å². The van der Waals surface area contributed by atoms with Crippen LogP contribution in [0.15, 0.2) is 34.6 Å². The summed E-state index contributed by atoms with van der Waals surface area (Å²) in [6.07, 6.45) is 3.03. The number of hydrogen-bond donors (Lipinski definition) is 0. The Bertz CT molecular complexity index is 699. The summed E-state index contributed by atoms with van der Waals surface area (Å²) in [6.45, 7) is 7.61. The van der Waals surface area contributed by atoms with Crippen LogP contribution >= 0.6 is 35.7 Å². The van der Waals surface area contributed by atoms with Crippen molar-refractivity contribution < 1.29 is 9.46 Å². The summed E-state index contributed by atoms with van der Waals surface area (Å²) in [5.41, 5.74) is 3.83. The molecule has 0 spiro atoms. The maximum atomic E-state index is 12.0. The van der Waals surface area contributed by atoms with E-state index >= 15 is 0 Å². The Morgan fingerprint density at radius 3 is 1.48 bits per heavy atom. The van der Waals surface area contributed by atoms with Gasteiger partial charge >= 0.3 is 153 Å². The van der Waals surface area contributed by atoms with Crippen LogP contribution in [0.25, 0.3) is 0 Å². The molecule has 0 amide bonds. The van der Waals surface area contributed by atoms with Gasteiger partial charge in [0.05, 0.1) is 0 Å². The molecule has 0 saturated carbocycles. The monoisotopic (exact) mass is 498 g/mol. The van der Waals surface area contributed by atoms with Crippen molar-refractivity contribution in [3.8, 4) is 0 Å². The molecule has 124 valence electrons. The number of pyridine rings is 2. The molecule has 0 N–H and O–H groups in total. The minimum absolute atomic E-state index is 0.475. The Hall–Kier alpha value is -0.0213. The van der Waals surface area contributed by atoms with Crippen molar-refractivity contribution in [2.24, 2.45) is 0 Å². The van der Waals surface area contributed by atoms with Crippen LogP contribution in [-0.4, -0.2) is 13.4 Å². The number of halogens is 2. The van der Waals surface area contributed by atoms with E-state index in [1.807, 2.05) is 27.7 Å². The van der Waals surface area contributed by atoms with E-state index in [-0.39, 0.29) is 0 Å². The summed E-state index contributed by atoms with van der Waals surface area (Å²) in [4.78, 5) is 0. The summed E-state index contributed by atoms with van der Waals surface area (Å²) in [5, 5.41) is 25.0. The van der Waals surface area contributed by atoms with Gasteiger partial charge in [-0.05, 0) is 0 Å². The molecular formula is C14H16Cl2N2O2S2Sn. The molecule has 0 unspecified atom stereocenters. The summed E-state index contributed by atoms with van der Waals surface area (Å²) < 4.78 is 1.57. The van der Waals surface area contributed by atoms with Gasteiger partial charge in [-0.2, -0.15) is 0 Å². The van der Waals surface area contributed by atoms with Crippen LogP contribution in [0, 0.1) is 38.1 Å². The molecule has 2 heterocycles. The quantitative estimate of drug-likeness (QED) is 0.364. The maximum absolute atomic E-state index is 12.0. The predicted octanol–water partition coefficient (Wildman–Crippen LogP) is 3.98. The number of aromatic nitrogens is 2. The second-order valence-electron chi connectivity index (χ2n) is 5.27. The molecule has 0 bridgehead atoms. The zero-order chi connectivity index (χ0) is 17.4. The van der Waals surface area contributed by atoms with Gasteiger partial charge in [0.15, 0.2) is 0 Å². The molecule has 23 heavy (non-hydrogen) atoms. The van der Waals surface area contributed by atoms with Crippen LogP contribution in [0.2, 0.25) is 0 Å². The topological polar surface area (TPSA) is 53.9 Å². The molecule has 0 radical (unpaired) electrons. The summed E-state index contributed by atoms with van der Waals surface area (Å²) >= 11 is -3.81. The van der Waals surface area contributed by atoms with Gasteiger partial charge in [-0.3, -0.25) is 0 Å². The zero-order valence-corrected chi connectivity index (χ0v) is 19.1. The minimum atomic E-state index is -3.81. The van der Waals surface area contributed by atoms with Crippen molar-refractivity contribution in [2.75, 3.05) is 0 Å². The predicted molar refractivity (Wildman–Crippen MR) is 98.9 cm³/mol. The van der Waals surface area contributed by atoms with Crippen molar-refractivity contribution in [3.63, 3.8) is 0 Å². The molecule has 0 aliphatic rings. The van der Waals surface area contributed by atoms with E-state index in [2.05, 4.69) is 0 Å². The molecule has 0 aliphatic carbocycles. The molecule has 4 nitrogen and oxygen atoms in total. The molecule has 2 rings (SSSR count). The van der Waals surface area contributed by atoms with Gasteiger partial charge in [0.1, 0.15) is 0 Å². The van der Waals surface area contributed by atoms with Gasteiger partial charge in [-0.1, -0.05) is 0 Å². The third-order valence-corrected chi connectivity index (χ3v) is 22.1. The van der Waals surface area contributed by atoms with Crippen molar-refractivity contribution in [1.29, 1.82) is 0 Å². The van der Waals surface area contributed by atoms with Crippen LogP contribution in [0.5, 0.6) is 0 Å². The fourth-order valence-corrected chi connectivity index (χ4v) is 20.8.